The van der Waals surface area contributed by atoms with Gasteiger partial charge < -0.3 is 9.80 Å². The van der Waals surface area contributed by atoms with Crippen molar-refractivity contribution >= 4 is 23.4 Å². The molecule has 1 saturated heterocycles. The van der Waals surface area contributed by atoms with Crippen molar-refractivity contribution in [2.75, 3.05) is 26.2 Å². The number of hydrogen-bond acceptors (Lipinski definition) is 3. The molecule has 0 aliphatic carbocycles. The summed E-state index contributed by atoms with van der Waals surface area (Å²) < 4.78 is 0. The fourth-order valence-electron chi connectivity index (χ4n) is 2.32. The predicted molar refractivity (Wildman–Crippen MR) is 81.2 cm³/mol. The summed E-state index contributed by atoms with van der Waals surface area (Å²) in [4.78, 5) is 31.9. The molecule has 2 heterocycles. The summed E-state index contributed by atoms with van der Waals surface area (Å²) in [5, 5.41) is 0.499. The Hall–Kier alpha value is -1.62. The number of pyridine rings is 1. The summed E-state index contributed by atoms with van der Waals surface area (Å²) in [6.07, 6.45) is 2.09. The number of amides is 2. The minimum Gasteiger partial charge on any atom is -0.339 e. The van der Waals surface area contributed by atoms with Gasteiger partial charge in [-0.3, -0.25) is 14.6 Å². The van der Waals surface area contributed by atoms with Crippen LogP contribution in [-0.4, -0.2) is 52.8 Å². The van der Waals surface area contributed by atoms with E-state index in [-0.39, 0.29) is 11.8 Å². The van der Waals surface area contributed by atoms with Crippen LogP contribution in [0, 0.1) is 5.92 Å². The zero-order valence-corrected chi connectivity index (χ0v) is 13.1. The molecule has 21 heavy (non-hydrogen) atoms. The molecule has 0 radical (unpaired) electrons. The third-order valence-electron chi connectivity index (χ3n) is 3.44. The standard InChI is InChI=1S/C15H20ClN3O2/c1-11(2)9-14(20)18-5-7-19(8-6-18)15(21)13-10-12(16)3-4-17-13/h3-4,10-11H,5-9H2,1-2H3. The molecule has 0 N–H and O–H groups in total. The first kappa shape index (κ1) is 15.8. The van der Waals surface area contributed by atoms with Crippen LogP contribution in [0.3, 0.4) is 0 Å². The Bertz CT molecular complexity index is 525. The van der Waals surface area contributed by atoms with E-state index < -0.39 is 0 Å². The zero-order chi connectivity index (χ0) is 15.4. The number of hydrogen-bond donors (Lipinski definition) is 0. The number of carbonyl (C=O) groups excluding carboxylic acids is 2. The highest BCUT2D eigenvalue weighted by molar-refractivity contribution is 6.30. The molecule has 1 aliphatic heterocycles. The smallest absolute Gasteiger partial charge is 0.272 e. The van der Waals surface area contributed by atoms with E-state index in [9.17, 15) is 9.59 Å². The molecule has 0 bridgehead atoms. The van der Waals surface area contributed by atoms with E-state index in [1.165, 1.54) is 6.20 Å². The molecule has 1 aliphatic rings. The van der Waals surface area contributed by atoms with Crippen molar-refractivity contribution in [3.05, 3.63) is 29.0 Å². The number of carbonyl (C=O) groups is 2. The van der Waals surface area contributed by atoms with Crippen LogP contribution in [0.5, 0.6) is 0 Å². The molecule has 0 spiro atoms. The van der Waals surface area contributed by atoms with Crippen LogP contribution < -0.4 is 0 Å². The van der Waals surface area contributed by atoms with E-state index in [2.05, 4.69) is 4.98 Å². The van der Waals surface area contributed by atoms with Gasteiger partial charge in [0.25, 0.3) is 5.91 Å². The Balaban J connectivity index is 1.92. The normalized spacial score (nSPS) is 15.4. The number of halogens is 1. The Morgan fingerprint density at radius 2 is 1.86 bits per heavy atom. The Morgan fingerprint density at radius 3 is 2.43 bits per heavy atom. The highest BCUT2D eigenvalue weighted by Crippen LogP contribution is 2.13. The van der Waals surface area contributed by atoms with Gasteiger partial charge >= 0.3 is 0 Å². The van der Waals surface area contributed by atoms with Gasteiger partial charge in [0.1, 0.15) is 5.69 Å². The van der Waals surface area contributed by atoms with E-state index in [0.29, 0.717) is 49.2 Å². The van der Waals surface area contributed by atoms with Crippen LogP contribution in [0.1, 0.15) is 30.8 Å². The maximum Gasteiger partial charge on any atom is 0.272 e. The lowest BCUT2D eigenvalue weighted by atomic mass is 10.1. The second kappa shape index (κ2) is 6.89. The summed E-state index contributed by atoms with van der Waals surface area (Å²) in [5.41, 5.74) is 0.351. The number of piperazine rings is 1. The molecule has 1 aromatic rings. The summed E-state index contributed by atoms with van der Waals surface area (Å²) in [7, 11) is 0. The van der Waals surface area contributed by atoms with Gasteiger partial charge in [-0.15, -0.1) is 0 Å². The van der Waals surface area contributed by atoms with E-state index in [4.69, 9.17) is 11.6 Å². The molecule has 0 saturated carbocycles. The lowest BCUT2D eigenvalue weighted by Crippen LogP contribution is -2.50. The molecule has 6 heteroatoms. The second-order valence-electron chi connectivity index (χ2n) is 5.63. The summed E-state index contributed by atoms with van der Waals surface area (Å²) in [5.74, 6) is 0.388. The molecule has 2 rings (SSSR count). The number of aromatic nitrogens is 1. The zero-order valence-electron chi connectivity index (χ0n) is 12.4. The Morgan fingerprint density at radius 1 is 1.24 bits per heavy atom. The first-order valence-electron chi connectivity index (χ1n) is 7.16. The molecule has 0 atom stereocenters. The van der Waals surface area contributed by atoms with Gasteiger partial charge in [-0.05, 0) is 18.1 Å². The maximum absolute atomic E-state index is 12.3. The van der Waals surface area contributed by atoms with Crippen LogP contribution in [0.15, 0.2) is 18.3 Å². The first-order valence-corrected chi connectivity index (χ1v) is 7.53. The van der Waals surface area contributed by atoms with Gasteiger partial charge in [0.2, 0.25) is 5.91 Å². The fraction of sp³-hybridized carbons (Fsp3) is 0.533. The SMILES string of the molecule is CC(C)CC(=O)N1CCN(C(=O)c2cc(Cl)ccn2)CC1. The average Bonchev–Trinajstić information content (AvgIpc) is 2.46. The van der Waals surface area contributed by atoms with E-state index in [0.717, 1.165) is 0 Å². The molecule has 2 amide bonds. The summed E-state index contributed by atoms with van der Waals surface area (Å²) in [6, 6.07) is 3.21. The summed E-state index contributed by atoms with van der Waals surface area (Å²) in [6.45, 7) is 6.30. The van der Waals surface area contributed by atoms with Crippen molar-refractivity contribution in [1.82, 2.24) is 14.8 Å². The molecule has 0 aromatic carbocycles. The van der Waals surface area contributed by atoms with Gasteiger partial charge in [-0.2, -0.15) is 0 Å². The van der Waals surface area contributed by atoms with Gasteiger partial charge in [-0.1, -0.05) is 25.4 Å². The molecular weight excluding hydrogens is 290 g/mol. The maximum atomic E-state index is 12.3. The predicted octanol–water partition coefficient (Wildman–Crippen LogP) is 2.07. The topological polar surface area (TPSA) is 53.5 Å². The van der Waals surface area contributed by atoms with E-state index in [1.54, 1.807) is 17.0 Å². The minimum absolute atomic E-state index is 0.131. The van der Waals surface area contributed by atoms with Crippen molar-refractivity contribution < 1.29 is 9.59 Å². The first-order chi connectivity index (χ1) is 9.97. The fourth-order valence-corrected chi connectivity index (χ4v) is 2.48. The van der Waals surface area contributed by atoms with Crippen molar-refractivity contribution in [3.8, 4) is 0 Å². The van der Waals surface area contributed by atoms with Gasteiger partial charge in [0, 0.05) is 43.8 Å². The van der Waals surface area contributed by atoms with Crippen LogP contribution in [0.4, 0.5) is 0 Å². The Labute approximate surface area is 129 Å². The van der Waals surface area contributed by atoms with Gasteiger partial charge in [0.05, 0.1) is 0 Å². The summed E-state index contributed by atoms with van der Waals surface area (Å²) >= 11 is 5.88. The molecule has 5 nitrogen and oxygen atoms in total. The van der Waals surface area contributed by atoms with E-state index in [1.807, 2.05) is 18.7 Å². The molecule has 1 aromatic heterocycles. The Kier molecular flexibility index (Phi) is 5.17. The average molecular weight is 310 g/mol. The lowest BCUT2D eigenvalue weighted by molar-refractivity contribution is -0.133. The number of rotatable bonds is 3. The van der Waals surface area contributed by atoms with Crippen LogP contribution >= 0.6 is 11.6 Å². The molecule has 0 unspecified atom stereocenters. The van der Waals surface area contributed by atoms with Crippen LogP contribution in [0.25, 0.3) is 0 Å². The number of nitrogens with zero attached hydrogens (tertiary/aromatic N) is 3. The third kappa shape index (κ3) is 4.17. The monoisotopic (exact) mass is 309 g/mol. The van der Waals surface area contributed by atoms with Crippen molar-refractivity contribution in [2.24, 2.45) is 5.92 Å². The second-order valence-corrected chi connectivity index (χ2v) is 6.07. The highest BCUT2D eigenvalue weighted by atomic mass is 35.5. The van der Waals surface area contributed by atoms with Gasteiger partial charge in [-0.25, -0.2) is 0 Å². The van der Waals surface area contributed by atoms with Crippen LogP contribution in [0.2, 0.25) is 5.02 Å². The van der Waals surface area contributed by atoms with Crippen molar-refractivity contribution in [2.45, 2.75) is 20.3 Å². The largest absolute Gasteiger partial charge is 0.339 e. The van der Waals surface area contributed by atoms with Crippen molar-refractivity contribution in [3.63, 3.8) is 0 Å². The van der Waals surface area contributed by atoms with Crippen molar-refractivity contribution in [1.29, 1.82) is 0 Å². The quantitative estimate of drug-likeness (QED) is 0.859. The minimum atomic E-state index is -0.131. The van der Waals surface area contributed by atoms with Gasteiger partial charge in [0.15, 0.2) is 0 Å². The molecule has 114 valence electrons. The van der Waals surface area contributed by atoms with E-state index >= 15 is 0 Å². The highest BCUT2D eigenvalue weighted by Gasteiger charge is 2.25. The third-order valence-corrected chi connectivity index (χ3v) is 3.68. The molecule has 1 fully saturated rings. The molecular formula is C15H20ClN3O2. The lowest BCUT2D eigenvalue weighted by Gasteiger charge is -2.35. The van der Waals surface area contributed by atoms with Crippen LogP contribution in [-0.2, 0) is 4.79 Å².